The Morgan fingerprint density at radius 2 is 2.19 bits per heavy atom. The standard InChI is InChI=1S/C19H23N3O3S/c1-2-25-19(24)16-12-5-3-4-6-15(12)26-18(16)22-17(23)11-7-8-13-14(9-11)21-10-20-13/h10-11H,2-9H2,1H3,(H,20,21)(H,22,23). The number of fused-ring (bicyclic) bond motifs is 2. The third-order valence-electron chi connectivity index (χ3n) is 5.25. The molecule has 2 aromatic heterocycles. The van der Waals surface area contributed by atoms with Gasteiger partial charge in [0.25, 0.3) is 0 Å². The fourth-order valence-corrected chi connectivity index (χ4v) is 5.19. The van der Waals surface area contributed by atoms with Gasteiger partial charge in [0.2, 0.25) is 5.91 Å². The molecule has 0 saturated heterocycles. The van der Waals surface area contributed by atoms with Crippen LogP contribution in [0.15, 0.2) is 6.33 Å². The molecule has 6 nitrogen and oxygen atoms in total. The van der Waals surface area contributed by atoms with Crippen LogP contribution in [0.5, 0.6) is 0 Å². The lowest BCUT2D eigenvalue weighted by atomic mass is 9.89. The van der Waals surface area contributed by atoms with Crippen molar-refractivity contribution in [1.82, 2.24) is 9.97 Å². The molecule has 138 valence electrons. The molecule has 1 amide bonds. The van der Waals surface area contributed by atoms with E-state index in [1.54, 1.807) is 24.6 Å². The molecule has 7 heteroatoms. The van der Waals surface area contributed by atoms with E-state index in [0.717, 1.165) is 55.5 Å². The predicted octanol–water partition coefficient (Wildman–Crippen LogP) is 3.27. The van der Waals surface area contributed by atoms with E-state index in [1.807, 2.05) is 0 Å². The second-order valence-electron chi connectivity index (χ2n) is 6.89. The van der Waals surface area contributed by atoms with E-state index in [9.17, 15) is 9.59 Å². The molecule has 0 aliphatic heterocycles. The van der Waals surface area contributed by atoms with Crippen LogP contribution >= 0.6 is 11.3 Å². The van der Waals surface area contributed by atoms with Crippen molar-refractivity contribution >= 4 is 28.2 Å². The first-order valence-corrected chi connectivity index (χ1v) is 10.1. The molecule has 0 saturated carbocycles. The minimum atomic E-state index is -0.318. The van der Waals surface area contributed by atoms with Crippen LogP contribution in [-0.4, -0.2) is 28.5 Å². The van der Waals surface area contributed by atoms with Crippen molar-refractivity contribution in [1.29, 1.82) is 0 Å². The Morgan fingerprint density at radius 1 is 1.35 bits per heavy atom. The van der Waals surface area contributed by atoms with Gasteiger partial charge in [-0.25, -0.2) is 9.78 Å². The second-order valence-corrected chi connectivity index (χ2v) is 8.00. The van der Waals surface area contributed by atoms with Crippen molar-refractivity contribution < 1.29 is 14.3 Å². The molecule has 2 heterocycles. The molecule has 0 fully saturated rings. The maximum Gasteiger partial charge on any atom is 0.341 e. The summed E-state index contributed by atoms with van der Waals surface area (Å²) in [5.74, 6) is -0.437. The van der Waals surface area contributed by atoms with Gasteiger partial charge >= 0.3 is 5.97 Å². The minimum Gasteiger partial charge on any atom is -0.462 e. The van der Waals surface area contributed by atoms with Crippen molar-refractivity contribution in [3.05, 3.63) is 33.7 Å². The Hall–Kier alpha value is -2.15. The van der Waals surface area contributed by atoms with Gasteiger partial charge in [0.05, 0.1) is 24.2 Å². The Morgan fingerprint density at radius 3 is 3.04 bits per heavy atom. The number of aromatic amines is 1. The molecule has 0 spiro atoms. The first kappa shape index (κ1) is 17.3. The average molecular weight is 373 g/mol. The molecule has 4 rings (SSSR count). The highest BCUT2D eigenvalue weighted by Gasteiger charge is 2.30. The molecule has 0 aromatic carbocycles. The number of ether oxygens (including phenoxy) is 1. The van der Waals surface area contributed by atoms with Gasteiger partial charge in [-0.1, -0.05) is 0 Å². The number of anilines is 1. The largest absolute Gasteiger partial charge is 0.462 e. The van der Waals surface area contributed by atoms with Gasteiger partial charge in [0, 0.05) is 22.9 Å². The SMILES string of the molecule is CCOC(=O)c1c(NC(=O)C2CCc3nc[nH]c3C2)sc2c1CCCC2. The maximum atomic E-state index is 12.9. The van der Waals surface area contributed by atoms with Crippen molar-refractivity contribution in [2.24, 2.45) is 5.92 Å². The van der Waals surface area contributed by atoms with Crippen LogP contribution in [0.4, 0.5) is 5.00 Å². The number of thiophene rings is 1. The summed E-state index contributed by atoms with van der Waals surface area (Å²) in [6.45, 7) is 2.14. The molecule has 2 aromatic rings. The molecular weight excluding hydrogens is 350 g/mol. The zero-order chi connectivity index (χ0) is 18.1. The summed E-state index contributed by atoms with van der Waals surface area (Å²) < 4.78 is 5.26. The number of aryl methyl sites for hydroxylation is 2. The Labute approximate surface area is 156 Å². The Kier molecular flexibility index (Phi) is 4.80. The predicted molar refractivity (Wildman–Crippen MR) is 99.6 cm³/mol. The van der Waals surface area contributed by atoms with E-state index in [0.29, 0.717) is 23.6 Å². The fourth-order valence-electron chi connectivity index (χ4n) is 3.91. The molecule has 26 heavy (non-hydrogen) atoms. The highest BCUT2D eigenvalue weighted by Crippen LogP contribution is 2.39. The number of hydrogen-bond acceptors (Lipinski definition) is 5. The van der Waals surface area contributed by atoms with E-state index < -0.39 is 0 Å². The lowest BCUT2D eigenvalue weighted by Gasteiger charge is -2.20. The third-order valence-corrected chi connectivity index (χ3v) is 6.45. The first-order chi connectivity index (χ1) is 12.7. The number of imidazole rings is 1. The highest BCUT2D eigenvalue weighted by molar-refractivity contribution is 7.17. The van der Waals surface area contributed by atoms with Gasteiger partial charge in [-0.15, -0.1) is 11.3 Å². The second kappa shape index (κ2) is 7.23. The lowest BCUT2D eigenvalue weighted by molar-refractivity contribution is -0.120. The summed E-state index contributed by atoms with van der Waals surface area (Å²) in [6, 6.07) is 0. The number of esters is 1. The molecule has 1 atom stereocenters. The number of nitrogens with zero attached hydrogens (tertiary/aromatic N) is 1. The van der Waals surface area contributed by atoms with Crippen LogP contribution in [0, 0.1) is 5.92 Å². The van der Waals surface area contributed by atoms with Gasteiger partial charge in [-0.05, 0) is 51.0 Å². The minimum absolute atomic E-state index is 0.0191. The summed E-state index contributed by atoms with van der Waals surface area (Å²) in [4.78, 5) is 34.0. The monoisotopic (exact) mass is 373 g/mol. The number of amides is 1. The number of aromatic nitrogens is 2. The van der Waals surface area contributed by atoms with Crippen LogP contribution in [0.3, 0.4) is 0 Å². The van der Waals surface area contributed by atoms with Gasteiger partial charge in [-0.3, -0.25) is 4.79 Å². The zero-order valence-corrected chi connectivity index (χ0v) is 15.7. The van der Waals surface area contributed by atoms with E-state index >= 15 is 0 Å². The maximum absolute atomic E-state index is 12.9. The Balaban J connectivity index is 1.56. The number of H-pyrrole nitrogens is 1. The molecular formula is C19H23N3O3S. The van der Waals surface area contributed by atoms with Gasteiger partial charge in [-0.2, -0.15) is 0 Å². The van der Waals surface area contributed by atoms with Crippen LogP contribution in [0.25, 0.3) is 0 Å². The quantitative estimate of drug-likeness (QED) is 0.806. The van der Waals surface area contributed by atoms with Crippen molar-refractivity contribution in [3.8, 4) is 0 Å². The van der Waals surface area contributed by atoms with Crippen LogP contribution in [0.2, 0.25) is 0 Å². The van der Waals surface area contributed by atoms with E-state index in [1.165, 1.54) is 4.88 Å². The topological polar surface area (TPSA) is 84.1 Å². The molecule has 2 N–H and O–H groups in total. The molecule has 0 bridgehead atoms. The Bertz CT molecular complexity index is 839. The summed E-state index contributed by atoms with van der Waals surface area (Å²) in [7, 11) is 0. The number of rotatable bonds is 4. The van der Waals surface area contributed by atoms with E-state index in [4.69, 9.17) is 4.74 Å². The lowest BCUT2D eigenvalue weighted by Crippen LogP contribution is -2.28. The molecule has 2 aliphatic carbocycles. The summed E-state index contributed by atoms with van der Waals surface area (Å²) in [6.07, 6.45) is 8.02. The summed E-state index contributed by atoms with van der Waals surface area (Å²) in [5.41, 5.74) is 3.77. The van der Waals surface area contributed by atoms with Gasteiger partial charge in [0.1, 0.15) is 5.00 Å². The van der Waals surface area contributed by atoms with Gasteiger partial charge in [0.15, 0.2) is 0 Å². The number of carbonyl (C=O) groups excluding carboxylic acids is 2. The molecule has 1 unspecified atom stereocenters. The molecule has 2 aliphatic rings. The number of carbonyl (C=O) groups is 2. The smallest absolute Gasteiger partial charge is 0.341 e. The van der Waals surface area contributed by atoms with Crippen molar-refractivity contribution in [2.45, 2.75) is 51.9 Å². The summed E-state index contributed by atoms with van der Waals surface area (Å²) in [5, 5.41) is 3.71. The van der Waals surface area contributed by atoms with E-state index in [-0.39, 0.29) is 17.8 Å². The normalized spacial score (nSPS) is 18.7. The third kappa shape index (κ3) is 3.16. The van der Waals surface area contributed by atoms with Crippen LogP contribution in [0.1, 0.15) is 58.4 Å². The molecule has 0 radical (unpaired) electrons. The zero-order valence-electron chi connectivity index (χ0n) is 14.9. The van der Waals surface area contributed by atoms with Crippen molar-refractivity contribution in [2.75, 3.05) is 11.9 Å². The first-order valence-electron chi connectivity index (χ1n) is 9.31. The van der Waals surface area contributed by atoms with Crippen LogP contribution in [-0.2, 0) is 35.2 Å². The van der Waals surface area contributed by atoms with E-state index in [2.05, 4.69) is 15.3 Å². The highest BCUT2D eigenvalue weighted by atomic mass is 32.1. The fraction of sp³-hybridized carbons (Fsp3) is 0.526. The van der Waals surface area contributed by atoms with Gasteiger partial charge < -0.3 is 15.0 Å². The number of hydrogen-bond donors (Lipinski definition) is 2. The van der Waals surface area contributed by atoms with Crippen LogP contribution < -0.4 is 5.32 Å². The summed E-state index contributed by atoms with van der Waals surface area (Å²) >= 11 is 1.54. The number of nitrogens with one attached hydrogen (secondary N) is 2. The van der Waals surface area contributed by atoms with Crippen molar-refractivity contribution in [3.63, 3.8) is 0 Å². The average Bonchev–Trinajstić information content (AvgIpc) is 3.25.